The minimum atomic E-state index is -0.0395. The van der Waals surface area contributed by atoms with E-state index in [2.05, 4.69) is 10.1 Å². The summed E-state index contributed by atoms with van der Waals surface area (Å²) >= 11 is 1.63. The molecule has 0 unspecified atom stereocenters. The Morgan fingerprint density at radius 2 is 2.12 bits per heavy atom. The van der Waals surface area contributed by atoms with Crippen LogP contribution in [-0.4, -0.2) is 27.5 Å². The fraction of sp³-hybridized carbons (Fsp3) is 0.611. The second kappa shape index (κ2) is 7.05. The molecular weight excluding hydrogens is 322 g/mol. The summed E-state index contributed by atoms with van der Waals surface area (Å²) in [6.45, 7) is 0.788. The van der Waals surface area contributed by atoms with Gasteiger partial charge in [-0.25, -0.2) is 0 Å². The van der Waals surface area contributed by atoms with Crippen LogP contribution in [0.5, 0.6) is 0 Å². The zero-order chi connectivity index (χ0) is 16.4. The van der Waals surface area contributed by atoms with E-state index in [0.717, 1.165) is 42.9 Å². The first-order valence-corrected chi connectivity index (χ1v) is 9.84. The fourth-order valence-electron chi connectivity index (χ4n) is 3.89. The fourth-order valence-corrected chi connectivity index (χ4v) is 4.59. The molecule has 2 aromatic heterocycles. The van der Waals surface area contributed by atoms with Crippen LogP contribution >= 0.6 is 11.3 Å². The van der Waals surface area contributed by atoms with Crippen LogP contribution in [0.15, 0.2) is 22.0 Å². The highest BCUT2D eigenvalue weighted by molar-refractivity contribution is 7.10. The number of rotatable bonds is 4. The number of aromatic nitrogens is 2. The molecule has 0 radical (unpaired) electrons. The lowest BCUT2D eigenvalue weighted by Gasteiger charge is -2.21. The van der Waals surface area contributed by atoms with Crippen molar-refractivity contribution in [1.29, 1.82) is 0 Å². The molecule has 1 aliphatic carbocycles. The molecule has 24 heavy (non-hydrogen) atoms. The largest absolute Gasteiger partial charge is 0.337 e. The number of nitrogens with zero attached hydrogens (tertiary/aromatic N) is 3. The molecule has 128 valence electrons. The summed E-state index contributed by atoms with van der Waals surface area (Å²) in [5.41, 5.74) is 0. The second-order valence-corrected chi connectivity index (χ2v) is 7.86. The third-order valence-electron chi connectivity index (χ3n) is 5.19. The van der Waals surface area contributed by atoms with E-state index < -0.39 is 0 Å². The zero-order valence-corrected chi connectivity index (χ0v) is 14.6. The summed E-state index contributed by atoms with van der Waals surface area (Å²) in [5, 5.41) is 6.24. The Kier molecular flexibility index (Phi) is 4.65. The number of thiophene rings is 1. The topological polar surface area (TPSA) is 59.2 Å². The van der Waals surface area contributed by atoms with Gasteiger partial charge in [0.1, 0.15) is 6.04 Å². The maximum atomic E-state index is 12.6. The predicted molar refractivity (Wildman–Crippen MR) is 91.8 cm³/mol. The molecule has 1 atom stereocenters. The molecule has 4 rings (SSSR count). The van der Waals surface area contributed by atoms with Gasteiger partial charge in [-0.15, -0.1) is 11.3 Å². The smallest absolute Gasteiger partial charge is 0.249 e. The number of likely N-dealkylation sites (tertiary alicyclic amines) is 1. The summed E-state index contributed by atoms with van der Waals surface area (Å²) in [5.74, 6) is 2.08. The second-order valence-electron chi connectivity index (χ2n) is 6.83. The van der Waals surface area contributed by atoms with E-state index in [4.69, 9.17) is 4.52 Å². The van der Waals surface area contributed by atoms with Crippen molar-refractivity contribution in [2.24, 2.45) is 0 Å². The quantitative estimate of drug-likeness (QED) is 0.837. The summed E-state index contributed by atoms with van der Waals surface area (Å²) in [4.78, 5) is 20.4. The maximum absolute atomic E-state index is 12.6. The van der Waals surface area contributed by atoms with Crippen LogP contribution in [0.1, 0.15) is 73.5 Å². The van der Waals surface area contributed by atoms with Gasteiger partial charge in [-0.05, 0) is 37.1 Å². The maximum Gasteiger partial charge on any atom is 0.249 e. The van der Waals surface area contributed by atoms with Crippen LogP contribution < -0.4 is 0 Å². The van der Waals surface area contributed by atoms with Crippen molar-refractivity contribution in [3.63, 3.8) is 0 Å². The lowest BCUT2D eigenvalue weighted by Crippen LogP contribution is -2.31. The Hall–Kier alpha value is -1.69. The summed E-state index contributed by atoms with van der Waals surface area (Å²) in [6.07, 6.45) is 8.53. The van der Waals surface area contributed by atoms with E-state index in [-0.39, 0.29) is 11.9 Å². The third kappa shape index (κ3) is 3.24. The van der Waals surface area contributed by atoms with Crippen molar-refractivity contribution in [3.8, 4) is 0 Å². The predicted octanol–water partition coefficient (Wildman–Crippen LogP) is 4.09. The molecule has 1 amide bonds. The van der Waals surface area contributed by atoms with Gasteiger partial charge in [-0.3, -0.25) is 4.79 Å². The number of amides is 1. The van der Waals surface area contributed by atoms with Crippen LogP contribution in [0.4, 0.5) is 0 Å². The number of hydrogen-bond acceptors (Lipinski definition) is 5. The van der Waals surface area contributed by atoms with Crippen molar-refractivity contribution in [1.82, 2.24) is 15.0 Å². The average Bonchev–Trinajstić information content (AvgIpc) is 3.36. The molecule has 6 heteroatoms. The number of hydrogen-bond donors (Lipinski definition) is 0. The number of carbonyl (C=O) groups excluding carboxylic acids is 1. The Bertz CT molecular complexity index is 676. The Balaban J connectivity index is 1.46. The van der Waals surface area contributed by atoms with Crippen molar-refractivity contribution >= 4 is 17.2 Å². The van der Waals surface area contributed by atoms with Crippen LogP contribution in [0.25, 0.3) is 0 Å². The number of carbonyl (C=O) groups is 1. The molecule has 2 fully saturated rings. The first-order valence-electron chi connectivity index (χ1n) is 8.96. The highest BCUT2D eigenvalue weighted by Crippen LogP contribution is 2.35. The van der Waals surface area contributed by atoms with Crippen molar-refractivity contribution < 1.29 is 9.32 Å². The molecule has 5 nitrogen and oxygen atoms in total. The Morgan fingerprint density at radius 1 is 1.25 bits per heavy atom. The van der Waals surface area contributed by atoms with Gasteiger partial charge in [0.2, 0.25) is 11.8 Å². The SMILES string of the molecule is O=C(Cc1cccs1)N1CCC[C@@H]1c1nc(C2CCCCC2)no1. The van der Waals surface area contributed by atoms with E-state index in [0.29, 0.717) is 18.2 Å². The third-order valence-corrected chi connectivity index (χ3v) is 6.07. The van der Waals surface area contributed by atoms with Crippen LogP contribution in [0, 0.1) is 0 Å². The van der Waals surface area contributed by atoms with Gasteiger partial charge in [0, 0.05) is 17.3 Å². The van der Waals surface area contributed by atoms with Crippen LogP contribution in [0.2, 0.25) is 0 Å². The minimum absolute atomic E-state index is 0.0395. The van der Waals surface area contributed by atoms with E-state index in [1.54, 1.807) is 11.3 Å². The Labute approximate surface area is 146 Å². The molecule has 0 aromatic carbocycles. The molecule has 3 heterocycles. The molecule has 2 aliphatic rings. The average molecular weight is 345 g/mol. The monoisotopic (exact) mass is 345 g/mol. The molecule has 1 saturated carbocycles. The summed E-state index contributed by atoms with van der Waals surface area (Å²) in [6, 6.07) is 3.97. The van der Waals surface area contributed by atoms with Gasteiger partial charge in [0.15, 0.2) is 5.82 Å². The highest BCUT2D eigenvalue weighted by Gasteiger charge is 2.34. The van der Waals surface area contributed by atoms with E-state index in [1.807, 2.05) is 22.4 Å². The van der Waals surface area contributed by atoms with Crippen LogP contribution in [-0.2, 0) is 11.2 Å². The standard InChI is InChI=1S/C18H23N3O2S/c22-16(12-14-8-5-11-24-14)21-10-4-9-15(21)18-19-17(20-23-18)13-6-2-1-3-7-13/h5,8,11,13,15H,1-4,6-7,9-10,12H2/t15-/m1/s1. The van der Waals surface area contributed by atoms with Crippen molar-refractivity contribution in [2.45, 2.75) is 63.3 Å². The van der Waals surface area contributed by atoms with Crippen molar-refractivity contribution in [2.75, 3.05) is 6.54 Å². The highest BCUT2D eigenvalue weighted by atomic mass is 32.1. The Morgan fingerprint density at radius 3 is 2.92 bits per heavy atom. The van der Waals surface area contributed by atoms with Gasteiger partial charge < -0.3 is 9.42 Å². The molecule has 1 saturated heterocycles. The van der Waals surface area contributed by atoms with Crippen molar-refractivity contribution in [3.05, 3.63) is 34.1 Å². The van der Waals surface area contributed by atoms with Crippen LogP contribution in [0.3, 0.4) is 0 Å². The van der Waals surface area contributed by atoms with E-state index >= 15 is 0 Å². The molecule has 0 spiro atoms. The summed E-state index contributed by atoms with van der Waals surface area (Å²) in [7, 11) is 0. The van der Waals surface area contributed by atoms with E-state index in [9.17, 15) is 4.79 Å². The van der Waals surface area contributed by atoms with Gasteiger partial charge in [0.05, 0.1) is 6.42 Å². The zero-order valence-electron chi connectivity index (χ0n) is 13.8. The molecule has 0 bridgehead atoms. The molecule has 2 aromatic rings. The lowest BCUT2D eigenvalue weighted by atomic mass is 9.89. The van der Waals surface area contributed by atoms with Gasteiger partial charge in [-0.1, -0.05) is 30.5 Å². The molecule has 0 N–H and O–H groups in total. The normalized spacial score (nSPS) is 22.2. The first-order chi connectivity index (χ1) is 11.8. The lowest BCUT2D eigenvalue weighted by molar-refractivity contribution is -0.131. The van der Waals surface area contributed by atoms with Gasteiger partial charge in [-0.2, -0.15) is 4.98 Å². The first kappa shape index (κ1) is 15.8. The summed E-state index contributed by atoms with van der Waals surface area (Å²) < 4.78 is 5.57. The molecular formula is C18H23N3O2S. The van der Waals surface area contributed by atoms with Gasteiger partial charge in [0.25, 0.3) is 0 Å². The molecule has 1 aliphatic heterocycles. The minimum Gasteiger partial charge on any atom is -0.337 e. The van der Waals surface area contributed by atoms with Gasteiger partial charge >= 0.3 is 0 Å². The van der Waals surface area contributed by atoms with E-state index in [1.165, 1.54) is 19.3 Å².